The summed E-state index contributed by atoms with van der Waals surface area (Å²) in [5.74, 6) is 0. The lowest BCUT2D eigenvalue weighted by Crippen LogP contribution is -2.39. The molecule has 1 aromatic carbocycles. The fourth-order valence-electron chi connectivity index (χ4n) is 1.44. The second kappa shape index (κ2) is 6.40. The van der Waals surface area contributed by atoms with Crippen molar-refractivity contribution in [3.63, 3.8) is 0 Å². The van der Waals surface area contributed by atoms with E-state index in [9.17, 15) is 17.6 Å². The van der Waals surface area contributed by atoms with Gasteiger partial charge in [0, 0.05) is 5.69 Å². The number of halogens is 4. The number of hydrogen-bond acceptors (Lipinski definition) is 2. The Morgan fingerprint density at radius 2 is 2.05 bits per heavy atom. The highest BCUT2D eigenvalue weighted by Gasteiger charge is 2.41. The van der Waals surface area contributed by atoms with Crippen LogP contribution in [0.3, 0.4) is 0 Å². The highest BCUT2D eigenvalue weighted by atomic mass is 28.3. The minimum Gasteiger partial charge on any atom is -0.363 e. The maximum Gasteiger partial charge on any atom is 0.445 e. The molecular formula is C13H17F4NOSi. The predicted molar refractivity (Wildman–Crippen MR) is 74.3 cm³/mol. The minimum atomic E-state index is -5.00. The molecule has 1 atom stereocenters. The Balaban J connectivity index is 2.62. The highest BCUT2D eigenvalue weighted by molar-refractivity contribution is 6.93. The van der Waals surface area contributed by atoms with Gasteiger partial charge in [-0.3, -0.25) is 0 Å². The fourth-order valence-corrected chi connectivity index (χ4v) is 2.73. The molecule has 0 saturated heterocycles. The van der Waals surface area contributed by atoms with Crippen LogP contribution in [-0.4, -0.2) is 27.3 Å². The number of ether oxygens (including phenoxy) is 1. The van der Waals surface area contributed by atoms with Crippen molar-refractivity contribution < 1.29 is 22.3 Å². The van der Waals surface area contributed by atoms with E-state index in [2.05, 4.69) is 29.7 Å². The average molecular weight is 307 g/mol. The van der Waals surface area contributed by atoms with Crippen molar-refractivity contribution in [3.05, 3.63) is 36.5 Å². The number of benzene rings is 1. The van der Waals surface area contributed by atoms with Gasteiger partial charge in [-0.05, 0) is 12.1 Å². The van der Waals surface area contributed by atoms with Gasteiger partial charge in [-0.25, -0.2) is 4.39 Å². The van der Waals surface area contributed by atoms with Crippen LogP contribution >= 0.6 is 0 Å². The molecule has 0 spiro atoms. The van der Waals surface area contributed by atoms with Crippen LogP contribution in [0, 0.1) is 0 Å². The monoisotopic (exact) mass is 307 g/mol. The van der Waals surface area contributed by atoms with E-state index < -0.39 is 27.3 Å². The van der Waals surface area contributed by atoms with E-state index in [4.69, 9.17) is 0 Å². The average Bonchev–Trinajstić information content (AvgIpc) is 2.38. The Labute approximate surface area is 116 Å². The van der Waals surface area contributed by atoms with E-state index in [1.54, 1.807) is 12.1 Å². The topological polar surface area (TPSA) is 21.3 Å². The first-order valence-electron chi connectivity index (χ1n) is 5.97. The molecule has 0 bridgehead atoms. The largest absolute Gasteiger partial charge is 0.445 e. The van der Waals surface area contributed by atoms with Gasteiger partial charge in [0.25, 0.3) is 6.36 Å². The van der Waals surface area contributed by atoms with Crippen LogP contribution in [0.2, 0.25) is 13.1 Å². The Morgan fingerprint density at radius 1 is 1.40 bits per heavy atom. The number of hydrogen-bond donors (Lipinski definition) is 1. The van der Waals surface area contributed by atoms with Crippen LogP contribution in [-0.2, 0) is 4.74 Å². The number of rotatable bonds is 6. The Bertz CT molecular complexity index is 462. The third-order valence-electron chi connectivity index (χ3n) is 2.88. The van der Waals surface area contributed by atoms with E-state index in [1.165, 1.54) is 0 Å². The van der Waals surface area contributed by atoms with E-state index in [1.807, 2.05) is 17.8 Å². The summed E-state index contributed by atoms with van der Waals surface area (Å²) >= 11 is 0. The summed E-state index contributed by atoms with van der Waals surface area (Å²) in [7, 11) is -1.75. The van der Waals surface area contributed by atoms with Crippen molar-refractivity contribution >= 4 is 18.9 Å². The van der Waals surface area contributed by atoms with Gasteiger partial charge < -0.3 is 10.1 Å². The third kappa shape index (κ3) is 4.64. The Morgan fingerprint density at radius 3 is 2.60 bits per heavy atom. The Hall–Kier alpha value is -1.34. The first kappa shape index (κ1) is 16.7. The number of alkyl halides is 4. The number of nitrogens with one attached hydrogen (secondary N) is 1. The molecule has 0 saturated carbocycles. The fraction of sp³-hybridized carbons (Fsp3) is 0.385. The summed E-state index contributed by atoms with van der Waals surface area (Å²) in [6.45, 7) is 7.43. The SMILES string of the molecule is C=C[Si](C)(C)c1cccc(NCOC(F)C(F)(F)F)c1. The molecule has 2 nitrogen and oxygen atoms in total. The molecule has 20 heavy (non-hydrogen) atoms. The quantitative estimate of drug-likeness (QED) is 0.493. The molecule has 0 aliphatic carbocycles. The summed E-state index contributed by atoms with van der Waals surface area (Å²) < 4.78 is 52.3. The molecular weight excluding hydrogens is 290 g/mol. The molecule has 1 rings (SSSR count). The lowest BCUT2D eigenvalue weighted by Gasteiger charge is -2.19. The van der Waals surface area contributed by atoms with Gasteiger partial charge in [0.1, 0.15) is 14.8 Å². The molecule has 0 aliphatic rings. The van der Waals surface area contributed by atoms with E-state index in [0.717, 1.165) is 5.19 Å². The molecule has 0 amide bonds. The molecule has 0 aromatic heterocycles. The van der Waals surface area contributed by atoms with Crippen LogP contribution in [0.4, 0.5) is 23.2 Å². The maximum atomic E-state index is 12.5. The molecule has 1 N–H and O–H groups in total. The standard InChI is InChI=1S/C13H17F4NOSi/c1-4-20(2,3)11-7-5-6-10(8-11)18-9-19-12(14)13(15,16)17/h4-8,12,18H,1,9H2,2-3H3. The summed E-state index contributed by atoms with van der Waals surface area (Å²) in [6.07, 6.45) is -8.28. The van der Waals surface area contributed by atoms with E-state index in [-0.39, 0.29) is 0 Å². The molecule has 0 fully saturated rings. The predicted octanol–water partition coefficient (Wildman–Crippen LogP) is 3.57. The van der Waals surface area contributed by atoms with Crippen molar-refractivity contribution in [2.75, 3.05) is 12.0 Å². The van der Waals surface area contributed by atoms with Gasteiger partial charge in [-0.2, -0.15) is 13.2 Å². The Kier molecular flexibility index (Phi) is 5.35. The third-order valence-corrected chi connectivity index (χ3v) is 5.70. The summed E-state index contributed by atoms with van der Waals surface area (Å²) in [5, 5.41) is 3.68. The van der Waals surface area contributed by atoms with Gasteiger partial charge in [-0.1, -0.05) is 36.1 Å². The molecule has 0 radical (unpaired) electrons. The van der Waals surface area contributed by atoms with Gasteiger partial charge in [0.2, 0.25) is 0 Å². The zero-order valence-corrected chi connectivity index (χ0v) is 12.3. The molecule has 0 aliphatic heterocycles. The second-order valence-electron chi connectivity index (χ2n) is 4.85. The van der Waals surface area contributed by atoms with Crippen molar-refractivity contribution in [3.8, 4) is 0 Å². The van der Waals surface area contributed by atoms with Gasteiger partial charge in [-0.15, -0.1) is 6.58 Å². The van der Waals surface area contributed by atoms with Crippen LogP contribution in [0.5, 0.6) is 0 Å². The first-order valence-corrected chi connectivity index (χ1v) is 9.05. The minimum absolute atomic E-state index is 0.555. The molecule has 112 valence electrons. The molecule has 0 heterocycles. The first-order chi connectivity index (χ1) is 9.16. The van der Waals surface area contributed by atoms with Crippen molar-refractivity contribution in [2.45, 2.75) is 25.6 Å². The lowest BCUT2D eigenvalue weighted by molar-refractivity contribution is -0.262. The van der Waals surface area contributed by atoms with Gasteiger partial charge in [0.15, 0.2) is 0 Å². The molecule has 7 heteroatoms. The summed E-state index contributed by atoms with van der Waals surface area (Å²) in [6, 6.07) is 7.22. The van der Waals surface area contributed by atoms with Gasteiger partial charge >= 0.3 is 6.18 Å². The zero-order valence-electron chi connectivity index (χ0n) is 11.3. The van der Waals surface area contributed by atoms with Crippen LogP contribution in [0.25, 0.3) is 0 Å². The second-order valence-corrected chi connectivity index (χ2v) is 9.28. The van der Waals surface area contributed by atoms with Crippen LogP contribution in [0.1, 0.15) is 0 Å². The maximum absolute atomic E-state index is 12.5. The van der Waals surface area contributed by atoms with E-state index in [0.29, 0.717) is 5.69 Å². The smallest absolute Gasteiger partial charge is 0.363 e. The lowest BCUT2D eigenvalue weighted by atomic mass is 10.3. The zero-order chi connectivity index (χ0) is 15.4. The van der Waals surface area contributed by atoms with E-state index >= 15 is 0 Å². The number of anilines is 1. The van der Waals surface area contributed by atoms with Crippen LogP contribution in [0.15, 0.2) is 36.5 Å². The van der Waals surface area contributed by atoms with Crippen LogP contribution < -0.4 is 10.5 Å². The summed E-state index contributed by atoms with van der Waals surface area (Å²) in [4.78, 5) is 0. The van der Waals surface area contributed by atoms with Crippen molar-refractivity contribution in [1.82, 2.24) is 0 Å². The molecule has 1 unspecified atom stereocenters. The van der Waals surface area contributed by atoms with Gasteiger partial charge in [0.05, 0.1) is 0 Å². The normalized spacial score (nSPS) is 13.9. The highest BCUT2D eigenvalue weighted by Crippen LogP contribution is 2.23. The summed E-state index contributed by atoms with van der Waals surface area (Å²) in [5.41, 5.74) is 2.49. The van der Waals surface area contributed by atoms with Crippen molar-refractivity contribution in [2.24, 2.45) is 0 Å². The van der Waals surface area contributed by atoms with Crippen molar-refractivity contribution in [1.29, 1.82) is 0 Å². The molecule has 1 aromatic rings.